The summed E-state index contributed by atoms with van der Waals surface area (Å²) in [4.78, 5) is 8.07. The van der Waals surface area contributed by atoms with E-state index < -0.39 is 0 Å². The summed E-state index contributed by atoms with van der Waals surface area (Å²) < 4.78 is 5.52. The van der Waals surface area contributed by atoms with Crippen molar-refractivity contribution in [2.75, 3.05) is 12.3 Å². The number of hydrogen-bond donors (Lipinski definition) is 1. The van der Waals surface area contributed by atoms with Crippen molar-refractivity contribution in [3.63, 3.8) is 0 Å². The summed E-state index contributed by atoms with van der Waals surface area (Å²) in [6, 6.07) is 9.01. The summed E-state index contributed by atoms with van der Waals surface area (Å²) in [6.07, 6.45) is 1.93. The summed E-state index contributed by atoms with van der Waals surface area (Å²) in [5, 5.41) is 9.37. The molecule has 0 amide bonds. The molecule has 0 aliphatic rings. The number of nitriles is 1. The van der Waals surface area contributed by atoms with Crippen LogP contribution in [0, 0.1) is 11.3 Å². The van der Waals surface area contributed by atoms with E-state index in [1.54, 1.807) is 24.3 Å². The Morgan fingerprint density at radius 2 is 2.05 bits per heavy atom. The van der Waals surface area contributed by atoms with Crippen LogP contribution in [-0.4, -0.2) is 16.6 Å². The Morgan fingerprint density at radius 3 is 2.68 bits per heavy atom. The molecule has 6 heteroatoms. The number of nitrogen functional groups attached to an aromatic ring is 1. The average molecular weight is 275 g/mol. The predicted octanol–water partition coefficient (Wildman–Crippen LogP) is 2.21. The molecule has 0 aliphatic heterocycles. The summed E-state index contributed by atoms with van der Waals surface area (Å²) in [7, 11) is 0. The predicted molar refractivity (Wildman–Crippen MR) is 71.8 cm³/mol. The first-order chi connectivity index (χ1) is 9.19. The van der Waals surface area contributed by atoms with Gasteiger partial charge >= 0.3 is 0 Å². The second-order valence-corrected chi connectivity index (χ2v) is 4.19. The van der Waals surface area contributed by atoms with Gasteiger partial charge in [0.25, 0.3) is 0 Å². The zero-order valence-electron chi connectivity index (χ0n) is 10.0. The fourth-order valence-electron chi connectivity index (χ4n) is 1.43. The lowest BCUT2D eigenvalue weighted by atomic mass is 10.3. The molecule has 0 spiro atoms. The van der Waals surface area contributed by atoms with E-state index in [-0.39, 0.29) is 11.4 Å². The van der Waals surface area contributed by atoms with E-state index in [2.05, 4.69) is 9.97 Å². The molecule has 0 saturated heterocycles. The number of nitrogens with two attached hydrogens (primary N) is 1. The van der Waals surface area contributed by atoms with E-state index in [1.165, 1.54) is 6.20 Å². The lowest BCUT2D eigenvalue weighted by Gasteiger charge is -2.06. The number of hydrogen-bond acceptors (Lipinski definition) is 5. The van der Waals surface area contributed by atoms with Gasteiger partial charge in [0.1, 0.15) is 29.0 Å². The molecule has 0 atom stereocenters. The number of halogens is 1. The summed E-state index contributed by atoms with van der Waals surface area (Å²) in [5.74, 6) is 1.47. The minimum atomic E-state index is 0.194. The molecule has 0 radical (unpaired) electrons. The maximum atomic E-state index is 8.71. The Morgan fingerprint density at radius 1 is 1.32 bits per heavy atom. The fraction of sp³-hybridized carbons (Fsp3) is 0.154. The molecular formula is C13H11ClN4O. The molecule has 2 aromatic rings. The van der Waals surface area contributed by atoms with Crippen LogP contribution in [0.3, 0.4) is 0 Å². The molecule has 1 aromatic carbocycles. The van der Waals surface area contributed by atoms with Gasteiger partial charge in [0, 0.05) is 11.4 Å². The standard InChI is InChI=1S/C13H11ClN4O/c14-10-1-3-11(4-2-10)19-6-5-12-17-8-9(7-15)13(16)18-12/h1-4,8H,5-6H2,(H2,16,17,18). The van der Waals surface area contributed by atoms with Crippen LogP contribution >= 0.6 is 11.6 Å². The van der Waals surface area contributed by atoms with Gasteiger partial charge in [-0.15, -0.1) is 0 Å². The number of anilines is 1. The van der Waals surface area contributed by atoms with Gasteiger partial charge in [0.15, 0.2) is 0 Å². The Hall–Kier alpha value is -2.32. The molecular weight excluding hydrogens is 264 g/mol. The highest BCUT2D eigenvalue weighted by Crippen LogP contribution is 2.15. The molecule has 19 heavy (non-hydrogen) atoms. The quantitative estimate of drug-likeness (QED) is 0.924. The van der Waals surface area contributed by atoms with Crippen molar-refractivity contribution in [1.82, 2.24) is 9.97 Å². The van der Waals surface area contributed by atoms with Crippen LogP contribution in [0.25, 0.3) is 0 Å². The van der Waals surface area contributed by atoms with Crippen molar-refractivity contribution < 1.29 is 4.74 Å². The molecule has 2 N–H and O–H groups in total. The average Bonchev–Trinajstić information content (AvgIpc) is 2.41. The van der Waals surface area contributed by atoms with Crippen LogP contribution in [0.4, 0.5) is 5.82 Å². The van der Waals surface area contributed by atoms with Crippen LogP contribution in [0.15, 0.2) is 30.5 Å². The molecule has 0 unspecified atom stereocenters. The van der Waals surface area contributed by atoms with Crippen LogP contribution in [-0.2, 0) is 6.42 Å². The minimum absolute atomic E-state index is 0.194. The largest absolute Gasteiger partial charge is 0.493 e. The number of nitrogens with zero attached hydrogens (tertiary/aromatic N) is 3. The van der Waals surface area contributed by atoms with Gasteiger partial charge in [-0.1, -0.05) is 11.6 Å². The topological polar surface area (TPSA) is 84.8 Å². The molecule has 1 heterocycles. The maximum Gasteiger partial charge on any atom is 0.145 e. The molecule has 1 aromatic heterocycles. The molecule has 2 rings (SSSR count). The van der Waals surface area contributed by atoms with Gasteiger partial charge in [-0.25, -0.2) is 9.97 Å². The van der Waals surface area contributed by atoms with Crippen molar-refractivity contribution in [3.8, 4) is 11.8 Å². The summed E-state index contributed by atoms with van der Waals surface area (Å²) in [6.45, 7) is 0.424. The maximum absolute atomic E-state index is 8.71. The fourth-order valence-corrected chi connectivity index (χ4v) is 1.56. The lowest BCUT2D eigenvalue weighted by Crippen LogP contribution is -2.07. The third-order valence-corrected chi connectivity index (χ3v) is 2.65. The summed E-state index contributed by atoms with van der Waals surface area (Å²) >= 11 is 5.77. The molecule has 0 aliphatic carbocycles. The smallest absolute Gasteiger partial charge is 0.145 e. The SMILES string of the molecule is N#Cc1cnc(CCOc2ccc(Cl)cc2)nc1N. The Labute approximate surface area is 115 Å². The van der Waals surface area contributed by atoms with Gasteiger partial charge in [-0.3, -0.25) is 0 Å². The highest BCUT2D eigenvalue weighted by molar-refractivity contribution is 6.30. The normalized spacial score (nSPS) is 9.89. The first-order valence-corrected chi connectivity index (χ1v) is 5.96. The van der Waals surface area contributed by atoms with Crippen LogP contribution < -0.4 is 10.5 Å². The highest BCUT2D eigenvalue weighted by atomic mass is 35.5. The molecule has 96 valence electrons. The van der Waals surface area contributed by atoms with Crippen LogP contribution in [0.2, 0.25) is 5.02 Å². The van der Waals surface area contributed by atoms with E-state index in [0.29, 0.717) is 23.9 Å². The van der Waals surface area contributed by atoms with Gasteiger partial charge < -0.3 is 10.5 Å². The minimum Gasteiger partial charge on any atom is -0.493 e. The van der Waals surface area contributed by atoms with Crippen LogP contribution in [0.1, 0.15) is 11.4 Å². The van der Waals surface area contributed by atoms with E-state index >= 15 is 0 Å². The number of ether oxygens (including phenoxy) is 1. The lowest BCUT2D eigenvalue weighted by molar-refractivity contribution is 0.319. The molecule has 0 saturated carbocycles. The van der Waals surface area contributed by atoms with Gasteiger partial charge in [-0.05, 0) is 24.3 Å². The van der Waals surface area contributed by atoms with Gasteiger partial charge in [0.2, 0.25) is 0 Å². The highest BCUT2D eigenvalue weighted by Gasteiger charge is 2.03. The van der Waals surface area contributed by atoms with E-state index in [9.17, 15) is 0 Å². The zero-order valence-corrected chi connectivity index (χ0v) is 10.8. The zero-order chi connectivity index (χ0) is 13.7. The van der Waals surface area contributed by atoms with Crippen molar-refractivity contribution in [3.05, 3.63) is 46.9 Å². The Kier molecular flexibility index (Phi) is 4.16. The molecule has 0 bridgehead atoms. The van der Waals surface area contributed by atoms with Crippen molar-refractivity contribution in [2.24, 2.45) is 0 Å². The van der Waals surface area contributed by atoms with Crippen molar-refractivity contribution >= 4 is 17.4 Å². The van der Waals surface area contributed by atoms with Crippen molar-refractivity contribution in [1.29, 1.82) is 5.26 Å². The van der Waals surface area contributed by atoms with Gasteiger partial charge in [-0.2, -0.15) is 5.26 Å². The monoisotopic (exact) mass is 274 g/mol. The number of rotatable bonds is 4. The second kappa shape index (κ2) is 6.03. The number of aromatic nitrogens is 2. The van der Waals surface area contributed by atoms with E-state index in [1.807, 2.05) is 6.07 Å². The van der Waals surface area contributed by atoms with E-state index in [0.717, 1.165) is 5.75 Å². The first kappa shape index (κ1) is 13.1. The third-order valence-electron chi connectivity index (χ3n) is 2.40. The Balaban J connectivity index is 1.91. The van der Waals surface area contributed by atoms with Gasteiger partial charge in [0.05, 0.1) is 12.8 Å². The third kappa shape index (κ3) is 3.57. The second-order valence-electron chi connectivity index (χ2n) is 3.75. The molecule has 5 nitrogen and oxygen atoms in total. The Bertz CT molecular complexity index is 607. The molecule has 0 fully saturated rings. The van der Waals surface area contributed by atoms with Crippen LogP contribution in [0.5, 0.6) is 5.75 Å². The first-order valence-electron chi connectivity index (χ1n) is 5.59. The van der Waals surface area contributed by atoms with Crippen molar-refractivity contribution in [2.45, 2.75) is 6.42 Å². The van der Waals surface area contributed by atoms with E-state index in [4.69, 9.17) is 27.3 Å². The summed E-state index contributed by atoms with van der Waals surface area (Å²) in [5.41, 5.74) is 5.88. The number of benzene rings is 1.